The largest absolute Gasteiger partial charge is 0.396 e. The fourth-order valence-electron chi connectivity index (χ4n) is 1.63. The van der Waals surface area contributed by atoms with Crippen LogP contribution in [0, 0.1) is 0 Å². The van der Waals surface area contributed by atoms with Crippen molar-refractivity contribution in [1.29, 1.82) is 0 Å². The number of carbonyl (C=O) groups excluding carboxylic acids is 2. The molecule has 0 bridgehead atoms. The van der Waals surface area contributed by atoms with Crippen LogP contribution in [0.4, 0.5) is 17.3 Å². The van der Waals surface area contributed by atoms with E-state index in [1.165, 1.54) is 0 Å². The highest BCUT2D eigenvalue weighted by Crippen LogP contribution is 2.21. The summed E-state index contributed by atoms with van der Waals surface area (Å²) >= 11 is 0. The molecular weight excluding hydrogens is 222 g/mol. The Balaban J connectivity index is 2.34. The Labute approximate surface area is 97.8 Å². The summed E-state index contributed by atoms with van der Waals surface area (Å²) in [5, 5.41) is 2.25. The molecule has 0 saturated carbocycles. The minimum absolute atomic E-state index is 0.0727. The average Bonchev–Trinajstić information content (AvgIpc) is 2.27. The number of nitrogens with one attached hydrogen (secondary N) is 1. The van der Waals surface area contributed by atoms with Gasteiger partial charge in [-0.25, -0.2) is 4.98 Å². The molecule has 1 fully saturated rings. The average molecular weight is 235 g/mol. The first kappa shape index (κ1) is 11.2. The smallest absolute Gasteiger partial charge is 0.249 e. The zero-order chi connectivity index (χ0) is 12.6. The van der Waals surface area contributed by atoms with E-state index in [1.54, 1.807) is 24.0 Å². The number of hydrogen-bond donors (Lipinski definition) is 3. The minimum Gasteiger partial charge on any atom is -0.396 e. The number of nitrogens with zero attached hydrogens (tertiary/aromatic N) is 2. The van der Waals surface area contributed by atoms with E-state index in [4.69, 9.17) is 11.5 Å². The van der Waals surface area contributed by atoms with Crippen LogP contribution in [0.25, 0.3) is 0 Å². The lowest BCUT2D eigenvalue weighted by Gasteiger charge is -2.32. The highest BCUT2D eigenvalue weighted by Gasteiger charge is 2.31. The van der Waals surface area contributed by atoms with Crippen molar-refractivity contribution in [3.63, 3.8) is 0 Å². The fraction of sp³-hybridized carbons (Fsp3) is 0.300. The molecule has 17 heavy (non-hydrogen) atoms. The normalized spacial score (nSPS) is 20.3. The number of amides is 2. The standard InChI is InChI=1S/C10H13N5O2/c1-5-10(17)14-8(16)4-15(5)7-3-2-6(11)9(12)13-7/h2-3,5H,4,11H2,1H3,(H2,12,13)(H,14,16,17). The van der Waals surface area contributed by atoms with E-state index in [9.17, 15) is 9.59 Å². The monoisotopic (exact) mass is 235 g/mol. The maximum absolute atomic E-state index is 11.5. The van der Waals surface area contributed by atoms with Crippen molar-refractivity contribution in [2.24, 2.45) is 0 Å². The second kappa shape index (κ2) is 3.93. The molecule has 7 heteroatoms. The number of aromatic nitrogens is 1. The summed E-state index contributed by atoms with van der Waals surface area (Å²) in [6.45, 7) is 1.76. The molecule has 0 aromatic carbocycles. The van der Waals surface area contributed by atoms with Gasteiger partial charge in [0.25, 0.3) is 0 Å². The fourth-order valence-corrected chi connectivity index (χ4v) is 1.63. The Kier molecular flexibility index (Phi) is 2.58. The molecule has 1 aromatic heterocycles. The van der Waals surface area contributed by atoms with E-state index < -0.39 is 6.04 Å². The summed E-state index contributed by atoms with van der Waals surface area (Å²) in [7, 11) is 0. The first-order chi connectivity index (χ1) is 7.99. The molecule has 7 nitrogen and oxygen atoms in total. The van der Waals surface area contributed by atoms with E-state index in [-0.39, 0.29) is 24.2 Å². The Morgan fingerprint density at radius 2 is 2.12 bits per heavy atom. The molecule has 2 rings (SSSR count). The van der Waals surface area contributed by atoms with Gasteiger partial charge in [0.1, 0.15) is 17.7 Å². The summed E-state index contributed by atoms with van der Waals surface area (Å²) < 4.78 is 0. The third-order valence-electron chi connectivity index (χ3n) is 2.66. The molecule has 2 heterocycles. The molecule has 1 unspecified atom stereocenters. The molecule has 5 N–H and O–H groups in total. The number of anilines is 3. The van der Waals surface area contributed by atoms with Crippen molar-refractivity contribution in [1.82, 2.24) is 10.3 Å². The van der Waals surface area contributed by atoms with Crippen LogP contribution in [-0.2, 0) is 9.59 Å². The number of hydrogen-bond acceptors (Lipinski definition) is 6. The van der Waals surface area contributed by atoms with Crippen LogP contribution >= 0.6 is 0 Å². The predicted molar refractivity (Wildman–Crippen MR) is 63.0 cm³/mol. The molecular formula is C10H13N5O2. The lowest BCUT2D eigenvalue weighted by atomic mass is 10.2. The van der Waals surface area contributed by atoms with Crippen LogP contribution in [0.2, 0.25) is 0 Å². The molecule has 0 aliphatic carbocycles. The summed E-state index contributed by atoms with van der Waals surface area (Å²) in [5.74, 6) is -0.0516. The molecule has 1 saturated heterocycles. The van der Waals surface area contributed by atoms with Crippen molar-refractivity contribution < 1.29 is 9.59 Å². The Morgan fingerprint density at radius 1 is 1.41 bits per heavy atom. The number of carbonyl (C=O) groups is 2. The van der Waals surface area contributed by atoms with Crippen molar-refractivity contribution >= 4 is 29.1 Å². The van der Waals surface area contributed by atoms with Crippen LogP contribution in [0.1, 0.15) is 6.92 Å². The summed E-state index contributed by atoms with van der Waals surface area (Å²) in [6, 6.07) is 2.76. The minimum atomic E-state index is -0.469. The number of piperazine rings is 1. The van der Waals surface area contributed by atoms with Gasteiger partial charge in [-0.1, -0.05) is 0 Å². The van der Waals surface area contributed by atoms with Crippen molar-refractivity contribution in [2.45, 2.75) is 13.0 Å². The van der Waals surface area contributed by atoms with Gasteiger partial charge in [-0.05, 0) is 19.1 Å². The van der Waals surface area contributed by atoms with Gasteiger partial charge in [0.2, 0.25) is 11.8 Å². The van der Waals surface area contributed by atoms with Gasteiger partial charge >= 0.3 is 0 Å². The van der Waals surface area contributed by atoms with Crippen LogP contribution in [0.15, 0.2) is 12.1 Å². The van der Waals surface area contributed by atoms with Crippen molar-refractivity contribution in [2.75, 3.05) is 22.9 Å². The first-order valence-electron chi connectivity index (χ1n) is 5.11. The van der Waals surface area contributed by atoms with Gasteiger partial charge in [-0.2, -0.15) is 0 Å². The Bertz CT molecular complexity index is 488. The van der Waals surface area contributed by atoms with E-state index in [2.05, 4.69) is 10.3 Å². The summed E-state index contributed by atoms with van der Waals surface area (Å²) in [6.07, 6.45) is 0. The van der Waals surface area contributed by atoms with Gasteiger partial charge in [0.15, 0.2) is 0 Å². The van der Waals surface area contributed by atoms with Gasteiger partial charge in [-0.15, -0.1) is 0 Å². The van der Waals surface area contributed by atoms with E-state index in [1.807, 2.05) is 0 Å². The maximum atomic E-state index is 11.5. The SMILES string of the molecule is CC1C(=O)NC(=O)CN1c1ccc(N)c(N)n1. The highest BCUT2D eigenvalue weighted by atomic mass is 16.2. The summed E-state index contributed by atoms with van der Waals surface area (Å²) in [4.78, 5) is 28.4. The van der Waals surface area contributed by atoms with Crippen molar-refractivity contribution in [3.8, 4) is 0 Å². The second-order valence-electron chi connectivity index (χ2n) is 3.86. The van der Waals surface area contributed by atoms with Crippen LogP contribution in [0.5, 0.6) is 0 Å². The van der Waals surface area contributed by atoms with E-state index in [0.717, 1.165) is 0 Å². The first-order valence-corrected chi connectivity index (χ1v) is 5.11. The summed E-state index contributed by atoms with van der Waals surface area (Å²) in [5.41, 5.74) is 11.5. The van der Waals surface area contributed by atoms with E-state index in [0.29, 0.717) is 11.5 Å². The highest BCUT2D eigenvalue weighted by molar-refractivity contribution is 6.04. The van der Waals surface area contributed by atoms with Gasteiger partial charge in [-0.3, -0.25) is 14.9 Å². The molecule has 1 aliphatic heterocycles. The lowest BCUT2D eigenvalue weighted by Crippen LogP contribution is -2.57. The third-order valence-corrected chi connectivity index (χ3v) is 2.66. The zero-order valence-electron chi connectivity index (χ0n) is 9.30. The second-order valence-corrected chi connectivity index (χ2v) is 3.86. The number of rotatable bonds is 1. The third kappa shape index (κ3) is 1.99. The molecule has 0 radical (unpaired) electrons. The van der Waals surface area contributed by atoms with Crippen molar-refractivity contribution in [3.05, 3.63) is 12.1 Å². The van der Waals surface area contributed by atoms with Crippen LogP contribution in [-0.4, -0.2) is 29.4 Å². The molecule has 90 valence electrons. The van der Waals surface area contributed by atoms with Gasteiger partial charge < -0.3 is 16.4 Å². The molecule has 1 atom stereocenters. The Hall–Kier alpha value is -2.31. The predicted octanol–water partition coefficient (Wildman–Crippen LogP) is -0.903. The Morgan fingerprint density at radius 3 is 2.76 bits per heavy atom. The maximum Gasteiger partial charge on any atom is 0.249 e. The quantitative estimate of drug-likeness (QED) is 0.543. The molecule has 0 spiro atoms. The molecule has 1 aromatic rings. The zero-order valence-corrected chi connectivity index (χ0v) is 9.30. The van der Waals surface area contributed by atoms with Crippen LogP contribution < -0.4 is 21.7 Å². The van der Waals surface area contributed by atoms with Crippen LogP contribution in [0.3, 0.4) is 0 Å². The molecule has 1 aliphatic rings. The number of nitrogens with two attached hydrogens (primary N) is 2. The molecule has 2 amide bonds. The number of imide groups is 1. The lowest BCUT2D eigenvalue weighted by molar-refractivity contribution is -0.132. The number of nitrogen functional groups attached to an aromatic ring is 2. The van der Waals surface area contributed by atoms with Gasteiger partial charge in [0, 0.05) is 0 Å². The van der Waals surface area contributed by atoms with Gasteiger partial charge in [0.05, 0.1) is 12.2 Å². The van der Waals surface area contributed by atoms with E-state index >= 15 is 0 Å². The number of pyridine rings is 1. The topological polar surface area (TPSA) is 114 Å².